The van der Waals surface area contributed by atoms with E-state index < -0.39 is 0 Å². The van der Waals surface area contributed by atoms with Crippen molar-refractivity contribution in [2.24, 2.45) is 0 Å². The average Bonchev–Trinajstić information content (AvgIpc) is 2.76. The van der Waals surface area contributed by atoms with Crippen LogP contribution in [0.25, 0.3) is 0 Å². The van der Waals surface area contributed by atoms with Gasteiger partial charge >= 0.3 is 0 Å². The van der Waals surface area contributed by atoms with E-state index in [1.807, 2.05) is 0 Å². The Bertz CT molecular complexity index is 263. The first-order chi connectivity index (χ1) is 14.9. The van der Waals surface area contributed by atoms with Crippen molar-refractivity contribution in [1.29, 1.82) is 0 Å². The van der Waals surface area contributed by atoms with Gasteiger partial charge in [-0.05, 0) is 19.5 Å². The molecule has 0 unspecified atom stereocenters. The third kappa shape index (κ3) is 27.8. The van der Waals surface area contributed by atoms with Crippen LogP contribution >= 0.6 is 0 Å². The fraction of sp³-hybridized carbons (Fsp3) is 1.00. The third-order valence-electron chi connectivity index (χ3n) is 5.35. The zero-order valence-electron chi connectivity index (χ0n) is 20.6. The van der Waals surface area contributed by atoms with Crippen LogP contribution in [0.15, 0.2) is 0 Å². The second kappa shape index (κ2) is 28.8. The Morgan fingerprint density at radius 1 is 0.300 bits per heavy atom. The van der Waals surface area contributed by atoms with Crippen LogP contribution in [-0.2, 0) is 0 Å². The van der Waals surface area contributed by atoms with Crippen LogP contribution in [0.5, 0.6) is 0 Å². The van der Waals surface area contributed by atoms with Gasteiger partial charge in [0.2, 0.25) is 0 Å². The molecule has 0 spiro atoms. The summed E-state index contributed by atoms with van der Waals surface area (Å²) in [5.74, 6) is 0. The summed E-state index contributed by atoms with van der Waals surface area (Å²) in [5.41, 5.74) is 0. The number of hydrogen-bond donors (Lipinski definition) is 6. The Kier molecular flexibility index (Phi) is 28.5. The van der Waals surface area contributed by atoms with Crippen LogP contribution < -0.4 is 31.9 Å². The average molecular weight is 429 g/mol. The largest absolute Gasteiger partial charge is 0.316 e. The molecule has 0 aromatic carbocycles. The monoisotopic (exact) mass is 428 g/mol. The van der Waals surface area contributed by atoms with Crippen molar-refractivity contribution in [3.05, 3.63) is 0 Å². The van der Waals surface area contributed by atoms with E-state index in [1.165, 1.54) is 70.8 Å². The normalized spacial score (nSPS) is 11.4. The molecule has 0 heterocycles. The molecule has 0 aliphatic rings. The van der Waals surface area contributed by atoms with Crippen LogP contribution in [0.1, 0.15) is 78.1 Å². The fourth-order valence-electron chi connectivity index (χ4n) is 3.42. The summed E-state index contributed by atoms with van der Waals surface area (Å²) in [6.45, 7) is 17.2. The predicted molar refractivity (Wildman–Crippen MR) is 135 cm³/mol. The van der Waals surface area contributed by atoms with Crippen LogP contribution in [-0.4, -0.2) is 78.5 Å². The maximum atomic E-state index is 3.55. The predicted octanol–water partition coefficient (Wildman–Crippen LogP) is 2.46. The number of rotatable bonds is 27. The molecule has 0 saturated carbocycles. The molecule has 6 nitrogen and oxygen atoms in total. The summed E-state index contributed by atoms with van der Waals surface area (Å²) >= 11 is 0. The van der Waals surface area contributed by atoms with Crippen molar-refractivity contribution < 1.29 is 0 Å². The quantitative estimate of drug-likeness (QED) is 0.113. The molecule has 0 aromatic heterocycles. The van der Waals surface area contributed by atoms with Crippen molar-refractivity contribution in [1.82, 2.24) is 31.9 Å². The standard InChI is InChI=1S/C24H56N6/c1-3-5-6-7-8-9-10-11-12-13-14-26-17-18-28-21-22-30-24-23-29-20-19-27-16-15-25-4-2/h25-30H,3-24H2,1-2H3. The zero-order valence-corrected chi connectivity index (χ0v) is 20.6. The lowest BCUT2D eigenvalue weighted by molar-refractivity contribution is 0.533. The van der Waals surface area contributed by atoms with Gasteiger partial charge in [-0.25, -0.2) is 0 Å². The van der Waals surface area contributed by atoms with Gasteiger partial charge in [-0.2, -0.15) is 0 Å². The Morgan fingerprint density at radius 3 is 0.967 bits per heavy atom. The van der Waals surface area contributed by atoms with E-state index in [9.17, 15) is 0 Å². The van der Waals surface area contributed by atoms with Gasteiger partial charge in [0.15, 0.2) is 0 Å². The van der Waals surface area contributed by atoms with Crippen molar-refractivity contribution >= 4 is 0 Å². The van der Waals surface area contributed by atoms with Crippen LogP contribution in [0, 0.1) is 0 Å². The highest BCUT2D eigenvalue weighted by atomic mass is 15.0. The Balaban J connectivity index is 2.97. The number of nitrogens with one attached hydrogen (secondary N) is 6. The Labute approximate surface area is 188 Å². The molecule has 6 heteroatoms. The molecule has 0 aliphatic heterocycles. The molecule has 0 fully saturated rings. The summed E-state index contributed by atoms with van der Waals surface area (Å²) in [4.78, 5) is 0. The van der Waals surface area contributed by atoms with E-state index in [-0.39, 0.29) is 0 Å². The van der Waals surface area contributed by atoms with E-state index >= 15 is 0 Å². The van der Waals surface area contributed by atoms with E-state index in [2.05, 4.69) is 45.7 Å². The van der Waals surface area contributed by atoms with Crippen LogP contribution in [0.3, 0.4) is 0 Å². The molecule has 0 atom stereocenters. The van der Waals surface area contributed by atoms with Crippen molar-refractivity contribution in [2.45, 2.75) is 78.1 Å². The van der Waals surface area contributed by atoms with Gasteiger partial charge in [0.25, 0.3) is 0 Å². The minimum Gasteiger partial charge on any atom is -0.316 e. The molecule has 6 N–H and O–H groups in total. The summed E-state index contributed by atoms with van der Waals surface area (Å²) in [6, 6.07) is 0. The maximum Gasteiger partial charge on any atom is 0.00772 e. The highest BCUT2D eigenvalue weighted by Crippen LogP contribution is 2.10. The lowest BCUT2D eigenvalue weighted by atomic mass is 10.1. The summed E-state index contributed by atoms with van der Waals surface area (Å²) in [6.07, 6.45) is 14.1. The minimum absolute atomic E-state index is 1.04. The molecule has 30 heavy (non-hydrogen) atoms. The fourth-order valence-corrected chi connectivity index (χ4v) is 3.42. The van der Waals surface area contributed by atoms with Gasteiger partial charge in [-0.15, -0.1) is 0 Å². The third-order valence-corrected chi connectivity index (χ3v) is 5.35. The van der Waals surface area contributed by atoms with Gasteiger partial charge in [-0.1, -0.05) is 71.6 Å². The summed E-state index contributed by atoms with van der Waals surface area (Å²) in [7, 11) is 0. The molecule has 182 valence electrons. The molecule has 0 aromatic rings. The Hall–Kier alpha value is -0.240. The van der Waals surface area contributed by atoms with Crippen LogP contribution in [0.2, 0.25) is 0 Å². The first kappa shape index (κ1) is 29.8. The van der Waals surface area contributed by atoms with Gasteiger partial charge in [0, 0.05) is 65.4 Å². The second-order valence-corrected chi connectivity index (χ2v) is 8.29. The first-order valence-corrected chi connectivity index (χ1v) is 13.2. The second-order valence-electron chi connectivity index (χ2n) is 8.29. The maximum absolute atomic E-state index is 3.55. The van der Waals surface area contributed by atoms with Crippen molar-refractivity contribution in [3.63, 3.8) is 0 Å². The molecular formula is C24H56N6. The van der Waals surface area contributed by atoms with E-state index in [0.29, 0.717) is 0 Å². The highest BCUT2D eigenvalue weighted by molar-refractivity contribution is 4.58. The van der Waals surface area contributed by atoms with E-state index in [0.717, 1.165) is 72.0 Å². The SMILES string of the molecule is CCCCCCCCCCCCNCCNCCNCCNCCNCCNCC. The lowest BCUT2D eigenvalue weighted by Crippen LogP contribution is -2.37. The Morgan fingerprint density at radius 2 is 0.600 bits per heavy atom. The lowest BCUT2D eigenvalue weighted by Gasteiger charge is -2.09. The minimum atomic E-state index is 1.04. The van der Waals surface area contributed by atoms with Gasteiger partial charge < -0.3 is 31.9 Å². The highest BCUT2D eigenvalue weighted by Gasteiger charge is 1.94. The van der Waals surface area contributed by atoms with Crippen molar-refractivity contribution in [3.8, 4) is 0 Å². The molecule has 0 radical (unpaired) electrons. The molecule has 0 rings (SSSR count). The number of hydrogen-bond acceptors (Lipinski definition) is 6. The van der Waals surface area contributed by atoms with Gasteiger partial charge in [0.1, 0.15) is 0 Å². The molecule has 0 bridgehead atoms. The molecule has 0 aliphatic carbocycles. The van der Waals surface area contributed by atoms with Gasteiger partial charge in [-0.3, -0.25) is 0 Å². The summed E-state index contributed by atoms with van der Waals surface area (Å²) < 4.78 is 0. The van der Waals surface area contributed by atoms with Gasteiger partial charge in [0.05, 0.1) is 0 Å². The van der Waals surface area contributed by atoms with E-state index in [4.69, 9.17) is 0 Å². The van der Waals surface area contributed by atoms with E-state index in [1.54, 1.807) is 0 Å². The molecule has 0 saturated heterocycles. The topological polar surface area (TPSA) is 72.2 Å². The van der Waals surface area contributed by atoms with Crippen LogP contribution in [0.4, 0.5) is 0 Å². The zero-order chi connectivity index (χ0) is 21.8. The number of likely N-dealkylation sites (N-methyl/N-ethyl adjacent to an activating group) is 1. The molecule has 0 amide bonds. The molecular weight excluding hydrogens is 372 g/mol. The summed E-state index contributed by atoms with van der Waals surface area (Å²) in [5, 5.41) is 20.7. The first-order valence-electron chi connectivity index (χ1n) is 13.2. The number of unbranched alkanes of at least 4 members (excludes halogenated alkanes) is 9. The smallest absolute Gasteiger partial charge is 0.00772 e. The van der Waals surface area contributed by atoms with Crippen molar-refractivity contribution in [2.75, 3.05) is 78.5 Å².